The number of aliphatic carboxylic acids is 2. The number of fused-ring (bicyclic) bond motifs is 2. The predicted molar refractivity (Wildman–Crippen MR) is 114 cm³/mol. The van der Waals surface area contributed by atoms with Crippen LogP contribution in [0.3, 0.4) is 0 Å². The summed E-state index contributed by atoms with van der Waals surface area (Å²) in [6.45, 7) is 7.39. The average Bonchev–Trinajstić information content (AvgIpc) is 3.34. The van der Waals surface area contributed by atoms with Gasteiger partial charge in [-0.2, -0.15) is 0 Å². The van der Waals surface area contributed by atoms with E-state index < -0.39 is 11.9 Å². The standard InChI is InChI=1S/C20H28N2S.C2H2O4/c1-23-20-6-3-16(4-7-20)14-21-8-10-22(11-9-21)15-19-13-17-2-5-18(19)12-17;3-1(4)2(5)6/h2-7,17-19H,8-15H2,1H3;(H,3,4)(H,5,6). The highest BCUT2D eigenvalue weighted by Crippen LogP contribution is 2.43. The summed E-state index contributed by atoms with van der Waals surface area (Å²) in [5, 5.41) is 14.8. The molecule has 2 fully saturated rings. The molecule has 0 aromatic heterocycles. The number of hydrogen-bond acceptors (Lipinski definition) is 5. The third-order valence-electron chi connectivity index (χ3n) is 6.12. The fraction of sp³-hybridized carbons (Fsp3) is 0.545. The molecule has 158 valence electrons. The summed E-state index contributed by atoms with van der Waals surface area (Å²) in [5.41, 5.74) is 1.45. The van der Waals surface area contributed by atoms with Crippen molar-refractivity contribution >= 4 is 23.7 Å². The van der Waals surface area contributed by atoms with Crippen LogP contribution >= 0.6 is 11.8 Å². The van der Waals surface area contributed by atoms with Crippen LogP contribution in [-0.4, -0.2) is 70.9 Å². The number of nitrogens with zero attached hydrogens (tertiary/aromatic N) is 2. The van der Waals surface area contributed by atoms with E-state index in [4.69, 9.17) is 19.8 Å². The van der Waals surface area contributed by atoms with E-state index in [1.54, 1.807) is 0 Å². The zero-order valence-corrected chi connectivity index (χ0v) is 17.7. The number of rotatable bonds is 5. The molecule has 2 N–H and O–H groups in total. The van der Waals surface area contributed by atoms with E-state index in [-0.39, 0.29) is 0 Å². The fourth-order valence-corrected chi connectivity index (χ4v) is 4.96. The molecule has 1 saturated carbocycles. The molecule has 1 heterocycles. The van der Waals surface area contributed by atoms with Crippen LogP contribution in [0.2, 0.25) is 0 Å². The zero-order valence-electron chi connectivity index (χ0n) is 16.9. The molecule has 2 aliphatic carbocycles. The number of carboxylic acid groups (broad SMARTS) is 2. The molecule has 2 bridgehead atoms. The average molecular weight is 419 g/mol. The van der Waals surface area contributed by atoms with E-state index in [1.165, 1.54) is 56.0 Å². The first-order valence-corrected chi connectivity index (χ1v) is 11.4. The number of carboxylic acids is 2. The summed E-state index contributed by atoms with van der Waals surface area (Å²) in [4.78, 5) is 24.9. The van der Waals surface area contributed by atoms with Gasteiger partial charge in [0.1, 0.15) is 0 Å². The predicted octanol–water partition coefficient (Wildman–Crippen LogP) is 2.89. The molecule has 3 aliphatic rings. The summed E-state index contributed by atoms with van der Waals surface area (Å²) in [6.07, 6.45) is 9.98. The second-order valence-electron chi connectivity index (χ2n) is 8.08. The largest absolute Gasteiger partial charge is 0.473 e. The highest BCUT2D eigenvalue weighted by molar-refractivity contribution is 7.98. The van der Waals surface area contributed by atoms with Gasteiger partial charge in [-0.3, -0.25) is 4.90 Å². The quantitative estimate of drug-likeness (QED) is 0.432. The number of thioether (sulfide) groups is 1. The Hall–Kier alpha value is -1.83. The number of benzene rings is 1. The maximum Gasteiger partial charge on any atom is 0.414 e. The van der Waals surface area contributed by atoms with Gasteiger partial charge in [0, 0.05) is 44.2 Å². The van der Waals surface area contributed by atoms with Crippen LogP contribution in [0.4, 0.5) is 0 Å². The van der Waals surface area contributed by atoms with Gasteiger partial charge in [-0.05, 0) is 54.5 Å². The van der Waals surface area contributed by atoms with E-state index in [0.717, 1.165) is 24.3 Å². The molecule has 29 heavy (non-hydrogen) atoms. The molecule has 0 amide bonds. The molecule has 3 atom stereocenters. The monoisotopic (exact) mass is 418 g/mol. The highest BCUT2D eigenvalue weighted by atomic mass is 32.2. The lowest BCUT2D eigenvalue weighted by atomic mass is 9.93. The van der Waals surface area contributed by atoms with Gasteiger partial charge in [-0.15, -0.1) is 11.8 Å². The van der Waals surface area contributed by atoms with Crippen LogP contribution in [-0.2, 0) is 16.1 Å². The minimum atomic E-state index is -1.82. The van der Waals surface area contributed by atoms with Crippen molar-refractivity contribution in [2.24, 2.45) is 17.8 Å². The van der Waals surface area contributed by atoms with Crippen LogP contribution in [0.5, 0.6) is 0 Å². The first-order chi connectivity index (χ1) is 13.9. The minimum Gasteiger partial charge on any atom is -0.473 e. The van der Waals surface area contributed by atoms with Crippen LogP contribution < -0.4 is 0 Å². The lowest BCUT2D eigenvalue weighted by molar-refractivity contribution is -0.159. The van der Waals surface area contributed by atoms with Crippen molar-refractivity contribution in [1.82, 2.24) is 9.80 Å². The lowest BCUT2D eigenvalue weighted by Crippen LogP contribution is -2.47. The molecule has 0 radical (unpaired) electrons. The van der Waals surface area contributed by atoms with Crippen molar-refractivity contribution in [3.8, 4) is 0 Å². The van der Waals surface area contributed by atoms with Crippen molar-refractivity contribution in [3.05, 3.63) is 42.0 Å². The third-order valence-corrected chi connectivity index (χ3v) is 6.87. The Kier molecular flexibility index (Phi) is 7.75. The molecule has 1 aromatic rings. The second-order valence-corrected chi connectivity index (χ2v) is 8.96. The number of hydrogen-bond donors (Lipinski definition) is 2. The minimum absolute atomic E-state index is 0.896. The Morgan fingerprint density at radius 2 is 1.59 bits per heavy atom. The van der Waals surface area contributed by atoms with Gasteiger partial charge in [0.05, 0.1) is 0 Å². The summed E-state index contributed by atoms with van der Waals surface area (Å²) < 4.78 is 0. The van der Waals surface area contributed by atoms with Gasteiger partial charge in [-0.1, -0.05) is 24.3 Å². The molecule has 1 aromatic carbocycles. The lowest BCUT2D eigenvalue weighted by Gasteiger charge is -2.37. The van der Waals surface area contributed by atoms with Crippen molar-refractivity contribution in [3.63, 3.8) is 0 Å². The molecule has 3 unspecified atom stereocenters. The summed E-state index contributed by atoms with van der Waals surface area (Å²) >= 11 is 1.82. The van der Waals surface area contributed by atoms with Crippen molar-refractivity contribution in [2.45, 2.75) is 24.3 Å². The van der Waals surface area contributed by atoms with Gasteiger partial charge in [-0.25, -0.2) is 9.59 Å². The smallest absolute Gasteiger partial charge is 0.414 e. The summed E-state index contributed by atoms with van der Waals surface area (Å²) in [5.74, 6) is -0.899. The first kappa shape index (κ1) is 21.9. The van der Waals surface area contributed by atoms with E-state index in [1.807, 2.05) is 11.8 Å². The normalized spacial score (nSPS) is 26.2. The number of allylic oxidation sites excluding steroid dienone is 2. The maximum atomic E-state index is 9.10. The van der Waals surface area contributed by atoms with Crippen molar-refractivity contribution in [2.75, 3.05) is 39.0 Å². The SMILES string of the molecule is CSc1ccc(CN2CCN(CC3CC4C=CC3C4)CC2)cc1.O=C(O)C(=O)O. The van der Waals surface area contributed by atoms with Gasteiger partial charge in [0.2, 0.25) is 0 Å². The van der Waals surface area contributed by atoms with Crippen molar-refractivity contribution in [1.29, 1.82) is 0 Å². The van der Waals surface area contributed by atoms with E-state index in [2.05, 4.69) is 52.5 Å². The fourth-order valence-electron chi connectivity index (χ4n) is 4.56. The molecule has 4 rings (SSSR count). The Balaban J connectivity index is 0.000000353. The Morgan fingerprint density at radius 3 is 2.07 bits per heavy atom. The van der Waals surface area contributed by atoms with Gasteiger partial charge < -0.3 is 15.1 Å². The molecule has 7 heteroatoms. The van der Waals surface area contributed by atoms with E-state index in [0.29, 0.717) is 0 Å². The van der Waals surface area contributed by atoms with E-state index >= 15 is 0 Å². The summed E-state index contributed by atoms with van der Waals surface area (Å²) in [7, 11) is 0. The first-order valence-electron chi connectivity index (χ1n) is 10.2. The van der Waals surface area contributed by atoms with Crippen LogP contribution in [0.1, 0.15) is 18.4 Å². The number of piperazine rings is 1. The Morgan fingerprint density at radius 1 is 0.966 bits per heavy atom. The van der Waals surface area contributed by atoms with E-state index in [9.17, 15) is 0 Å². The number of carbonyl (C=O) groups is 2. The molecular formula is C22H30N2O4S. The molecule has 1 aliphatic heterocycles. The van der Waals surface area contributed by atoms with Crippen molar-refractivity contribution < 1.29 is 19.8 Å². The van der Waals surface area contributed by atoms with Crippen LogP contribution in [0.15, 0.2) is 41.3 Å². The molecule has 0 spiro atoms. The second kappa shape index (κ2) is 10.3. The van der Waals surface area contributed by atoms with Crippen LogP contribution in [0.25, 0.3) is 0 Å². The molecular weight excluding hydrogens is 388 g/mol. The molecule has 6 nitrogen and oxygen atoms in total. The maximum absolute atomic E-state index is 9.10. The zero-order chi connectivity index (χ0) is 20.8. The van der Waals surface area contributed by atoms with Gasteiger partial charge in [0.15, 0.2) is 0 Å². The van der Waals surface area contributed by atoms with Gasteiger partial charge >= 0.3 is 11.9 Å². The Labute approximate surface area is 176 Å². The topological polar surface area (TPSA) is 81.1 Å². The molecule has 1 saturated heterocycles. The highest BCUT2D eigenvalue weighted by Gasteiger charge is 2.36. The summed E-state index contributed by atoms with van der Waals surface area (Å²) in [6, 6.07) is 9.08. The van der Waals surface area contributed by atoms with Crippen LogP contribution in [0, 0.1) is 17.8 Å². The third kappa shape index (κ3) is 6.32. The Bertz CT molecular complexity index is 717. The van der Waals surface area contributed by atoms with Gasteiger partial charge in [0.25, 0.3) is 0 Å².